The van der Waals surface area contributed by atoms with Crippen molar-refractivity contribution in [3.63, 3.8) is 0 Å². The number of fused-ring (bicyclic) bond motifs is 2. The Kier molecular flexibility index (Phi) is 6.53. The van der Waals surface area contributed by atoms with Gasteiger partial charge in [-0.05, 0) is 59.3 Å². The van der Waals surface area contributed by atoms with Gasteiger partial charge in [0.25, 0.3) is 0 Å². The summed E-state index contributed by atoms with van der Waals surface area (Å²) in [5.74, 6) is 0.444. The number of aliphatic hydroxyl groups is 1. The summed E-state index contributed by atoms with van der Waals surface area (Å²) < 4.78 is 11.9. The minimum Gasteiger partial charge on any atom is -0.444 e. The molecular weight excluding hydrogens is 455 g/mol. The van der Waals surface area contributed by atoms with Crippen LogP contribution in [0.15, 0.2) is 6.07 Å². The normalized spacial score (nSPS) is 32.7. The first-order chi connectivity index (χ1) is 15.0. The van der Waals surface area contributed by atoms with Crippen LogP contribution in [0.1, 0.15) is 59.3 Å². The molecule has 10 heteroatoms. The number of aliphatic hydroxyl groups excluding tert-OH is 1. The number of nitrogens with zero attached hydrogens (tertiary/aromatic N) is 4. The molecule has 3 aliphatic heterocycles. The van der Waals surface area contributed by atoms with Gasteiger partial charge in [0.2, 0.25) is 5.95 Å². The van der Waals surface area contributed by atoms with Crippen LogP contribution >= 0.6 is 23.2 Å². The predicted octanol–water partition coefficient (Wildman–Crippen LogP) is 4.06. The number of piperidine rings is 2. The lowest BCUT2D eigenvalue weighted by atomic mass is 9.68. The molecule has 8 nitrogen and oxygen atoms in total. The summed E-state index contributed by atoms with van der Waals surface area (Å²) in [7, 11) is 1.92. The number of halogens is 2. The molecule has 3 aliphatic rings. The number of carbonyl (C=O) groups excluding carboxylic acids is 1. The minimum absolute atomic E-state index is 0.0184. The van der Waals surface area contributed by atoms with Gasteiger partial charge >= 0.3 is 6.09 Å². The SMILES string of the molecule is CN(c1nc(Cl)cc(Cl)n1)[C@H]1C[C@@H]2CCC[C@](C3OCC[C@H]3O)(C1)N2C(=O)OC(C)(C)C. The Morgan fingerprint density at radius 1 is 1.31 bits per heavy atom. The molecule has 0 radical (unpaired) electrons. The fourth-order valence-electron chi connectivity index (χ4n) is 5.61. The quantitative estimate of drug-likeness (QED) is 0.644. The van der Waals surface area contributed by atoms with Gasteiger partial charge in [-0.15, -0.1) is 0 Å². The molecule has 32 heavy (non-hydrogen) atoms. The lowest BCUT2D eigenvalue weighted by Crippen LogP contribution is -2.72. The van der Waals surface area contributed by atoms with Gasteiger partial charge in [0.05, 0.1) is 11.6 Å². The first kappa shape index (κ1) is 23.8. The van der Waals surface area contributed by atoms with E-state index >= 15 is 0 Å². The molecule has 1 amide bonds. The number of anilines is 1. The Labute approximate surface area is 199 Å². The third-order valence-electron chi connectivity index (χ3n) is 6.82. The number of amides is 1. The number of aromatic nitrogens is 2. The Hall–Kier alpha value is -1.35. The third-order valence-corrected chi connectivity index (χ3v) is 7.21. The highest BCUT2D eigenvalue weighted by molar-refractivity contribution is 6.33. The Balaban J connectivity index is 1.70. The summed E-state index contributed by atoms with van der Waals surface area (Å²) in [5.41, 5.74) is -1.28. The molecule has 1 N–H and O–H groups in total. The molecule has 3 saturated heterocycles. The van der Waals surface area contributed by atoms with Crippen LogP contribution in [0.3, 0.4) is 0 Å². The van der Waals surface area contributed by atoms with Crippen LogP contribution in [0, 0.1) is 0 Å². The first-order valence-corrected chi connectivity index (χ1v) is 12.0. The second-order valence-corrected chi connectivity index (χ2v) is 10.9. The summed E-state index contributed by atoms with van der Waals surface area (Å²) in [6.07, 6.45) is 3.05. The average Bonchev–Trinajstić information content (AvgIpc) is 3.10. The first-order valence-electron chi connectivity index (χ1n) is 11.2. The van der Waals surface area contributed by atoms with Gasteiger partial charge in [0.15, 0.2) is 0 Å². The van der Waals surface area contributed by atoms with Crippen molar-refractivity contribution in [2.75, 3.05) is 18.6 Å². The van der Waals surface area contributed by atoms with Gasteiger partial charge in [0.1, 0.15) is 22.0 Å². The highest BCUT2D eigenvalue weighted by Crippen LogP contribution is 2.49. The highest BCUT2D eigenvalue weighted by atomic mass is 35.5. The van der Waals surface area contributed by atoms with E-state index in [0.717, 1.165) is 25.7 Å². The summed E-state index contributed by atoms with van der Waals surface area (Å²) >= 11 is 12.2. The number of ether oxygens (including phenoxy) is 2. The maximum atomic E-state index is 13.4. The monoisotopic (exact) mass is 486 g/mol. The van der Waals surface area contributed by atoms with Gasteiger partial charge in [-0.3, -0.25) is 4.90 Å². The molecule has 178 valence electrons. The lowest BCUT2D eigenvalue weighted by Gasteiger charge is -2.59. The van der Waals surface area contributed by atoms with Crippen molar-refractivity contribution in [3.05, 3.63) is 16.4 Å². The molecule has 0 aliphatic carbocycles. The van der Waals surface area contributed by atoms with E-state index < -0.39 is 23.3 Å². The molecule has 1 aromatic heterocycles. The fourth-order valence-corrected chi connectivity index (χ4v) is 6.02. The number of carbonyl (C=O) groups is 1. The Morgan fingerprint density at radius 3 is 2.59 bits per heavy atom. The standard InChI is InChI=1S/C22H32Cl2N4O4/c1-21(2,3)32-20(30)28-13-6-5-8-22(28,18-15(29)7-9-31-18)12-14(10-13)27(4)19-25-16(23)11-17(24)26-19/h11,13-15,18,29H,5-10,12H2,1-4H3/t13-,14-,15+,18?,22+/m0/s1. The maximum Gasteiger partial charge on any atom is 0.411 e. The maximum absolute atomic E-state index is 13.4. The molecule has 0 saturated carbocycles. The summed E-state index contributed by atoms with van der Waals surface area (Å²) in [5, 5.41) is 11.4. The second-order valence-electron chi connectivity index (χ2n) is 10.2. The van der Waals surface area contributed by atoms with Crippen LogP contribution in [0.2, 0.25) is 10.3 Å². The van der Waals surface area contributed by atoms with Gasteiger partial charge in [-0.1, -0.05) is 23.2 Å². The summed E-state index contributed by atoms with van der Waals surface area (Å²) in [6, 6.07) is 1.49. The van der Waals surface area contributed by atoms with E-state index in [1.807, 2.05) is 37.6 Å². The number of rotatable bonds is 3. The molecule has 0 aromatic carbocycles. The molecule has 3 fully saturated rings. The molecule has 0 spiro atoms. The zero-order chi connectivity index (χ0) is 23.3. The van der Waals surface area contributed by atoms with E-state index in [2.05, 4.69) is 9.97 Å². The van der Waals surface area contributed by atoms with Gasteiger partial charge in [-0.2, -0.15) is 0 Å². The largest absolute Gasteiger partial charge is 0.444 e. The predicted molar refractivity (Wildman–Crippen MR) is 122 cm³/mol. The summed E-state index contributed by atoms with van der Waals surface area (Å²) in [4.78, 5) is 26.0. The van der Waals surface area contributed by atoms with Gasteiger partial charge in [0, 0.05) is 31.8 Å². The van der Waals surface area contributed by atoms with E-state index in [9.17, 15) is 9.90 Å². The zero-order valence-electron chi connectivity index (χ0n) is 19.1. The van der Waals surface area contributed by atoms with Crippen LogP contribution < -0.4 is 4.90 Å². The molecule has 2 bridgehead atoms. The molecule has 1 unspecified atom stereocenters. The Bertz CT molecular complexity index is 847. The van der Waals surface area contributed by atoms with Crippen molar-refractivity contribution >= 4 is 35.2 Å². The molecule has 4 heterocycles. The molecular formula is C22H32Cl2N4O4. The smallest absolute Gasteiger partial charge is 0.411 e. The van der Waals surface area contributed by atoms with Crippen LogP contribution in [-0.4, -0.2) is 75.2 Å². The van der Waals surface area contributed by atoms with E-state index in [1.54, 1.807) is 0 Å². The third kappa shape index (κ3) is 4.52. The van der Waals surface area contributed by atoms with Crippen molar-refractivity contribution in [3.8, 4) is 0 Å². The number of hydrogen-bond donors (Lipinski definition) is 1. The van der Waals surface area contributed by atoms with Crippen molar-refractivity contribution in [1.82, 2.24) is 14.9 Å². The van der Waals surface area contributed by atoms with E-state index in [4.69, 9.17) is 32.7 Å². The van der Waals surface area contributed by atoms with Gasteiger partial charge < -0.3 is 19.5 Å². The second kappa shape index (κ2) is 8.78. The van der Waals surface area contributed by atoms with E-state index in [1.165, 1.54) is 6.07 Å². The van der Waals surface area contributed by atoms with Gasteiger partial charge in [-0.25, -0.2) is 14.8 Å². The van der Waals surface area contributed by atoms with Crippen LogP contribution in [0.5, 0.6) is 0 Å². The molecule has 4 rings (SSSR count). The van der Waals surface area contributed by atoms with E-state index in [-0.39, 0.29) is 28.5 Å². The molecule has 5 atom stereocenters. The van der Waals surface area contributed by atoms with Crippen molar-refractivity contribution in [2.45, 2.75) is 94.7 Å². The Morgan fingerprint density at radius 2 is 2.00 bits per heavy atom. The minimum atomic E-state index is -0.666. The number of hydrogen-bond acceptors (Lipinski definition) is 7. The van der Waals surface area contributed by atoms with Crippen LogP contribution in [0.25, 0.3) is 0 Å². The lowest BCUT2D eigenvalue weighted by molar-refractivity contribution is -0.136. The van der Waals surface area contributed by atoms with E-state index in [0.29, 0.717) is 25.4 Å². The zero-order valence-corrected chi connectivity index (χ0v) is 20.6. The van der Waals surface area contributed by atoms with Crippen molar-refractivity contribution < 1.29 is 19.4 Å². The summed E-state index contributed by atoms with van der Waals surface area (Å²) in [6.45, 7) is 6.09. The highest BCUT2D eigenvalue weighted by Gasteiger charge is 2.59. The topological polar surface area (TPSA) is 88.0 Å². The molecule has 1 aromatic rings. The van der Waals surface area contributed by atoms with Crippen molar-refractivity contribution in [2.24, 2.45) is 0 Å². The van der Waals surface area contributed by atoms with Crippen molar-refractivity contribution in [1.29, 1.82) is 0 Å². The van der Waals surface area contributed by atoms with Crippen LogP contribution in [0.4, 0.5) is 10.7 Å². The average molecular weight is 487 g/mol. The fraction of sp³-hybridized carbons (Fsp3) is 0.773. The van der Waals surface area contributed by atoms with Crippen LogP contribution in [-0.2, 0) is 9.47 Å².